The Kier molecular flexibility index (Phi) is 3.66. The van der Waals surface area contributed by atoms with Gasteiger partial charge in [0.25, 0.3) is 0 Å². The van der Waals surface area contributed by atoms with Crippen LogP contribution in [0.1, 0.15) is 16.1 Å². The highest BCUT2D eigenvalue weighted by Crippen LogP contribution is 2.37. The van der Waals surface area contributed by atoms with Gasteiger partial charge in [-0.1, -0.05) is 41.6 Å². The lowest BCUT2D eigenvalue weighted by Crippen LogP contribution is -1.97. The van der Waals surface area contributed by atoms with Crippen LogP contribution < -0.4 is 0 Å². The fraction of sp³-hybridized carbons (Fsp3) is 0.0625. The molecule has 0 aliphatic heterocycles. The molecule has 2 aromatic carbocycles. The number of para-hydroxylation sites is 1. The largest absolute Gasteiger partial charge is 0.477 e. The second kappa shape index (κ2) is 5.47. The fourth-order valence-electron chi connectivity index (χ4n) is 2.22. The Labute approximate surface area is 130 Å². The first-order chi connectivity index (χ1) is 10.1. The number of carbonyl (C=O) groups is 1. The second-order valence-electron chi connectivity index (χ2n) is 4.69. The maximum absolute atomic E-state index is 11.5. The van der Waals surface area contributed by atoms with Crippen molar-refractivity contribution in [3.05, 3.63) is 58.7 Å². The summed E-state index contributed by atoms with van der Waals surface area (Å²) in [5.74, 6) is -0.956. The standard InChI is InChI=1S/C16H12ClNO2S/c1-9-3-2-4-12-13(9)18-14(16(19)20)15(12)21-11-7-5-10(17)6-8-11/h2-8,18H,1H3,(H,19,20). The van der Waals surface area contributed by atoms with Gasteiger partial charge in [0.15, 0.2) is 0 Å². The normalized spacial score (nSPS) is 11.0. The first-order valence-corrected chi connectivity index (χ1v) is 7.53. The number of halogens is 1. The number of aromatic nitrogens is 1. The predicted molar refractivity (Wildman–Crippen MR) is 85.6 cm³/mol. The molecule has 2 N–H and O–H groups in total. The van der Waals surface area contributed by atoms with Crippen LogP contribution in [0, 0.1) is 6.92 Å². The van der Waals surface area contributed by atoms with Crippen molar-refractivity contribution in [3.63, 3.8) is 0 Å². The maximum Gasteiger partial charge on any atom is 0.353 e. The summed E-state index contributed by atoms with van der Waals surface area (Å²) in [5.41, 5.74) is 2.11. The molecule has 0 amide bonds. The van der Waals surface area contributed by atoms with Gasteiger partial charge in [-0.05, 0) is 36.8 Å². The van der Waals surface area contributed by atoms with Gasteiger partial charge >= 0.3 is 5.97 Å². The summed E-state index contributed by atoms with van der Waals surface area (Å²) < 4.78 is 0. The van der Waals surface area contributed by atoms with E-state index >= 15 is 0 Å². The van der Waals surface area contributed by atoms with Crippen molar-refractivity contribution in [1.82, 2.24) is 4.98 Å². The number of hydrogen-bond donors (Lipinski definition) is 2. The number of H-pyrrole nitrogens is 1. The zero-order valence-electron chi connectivity index (χ0n) is 11.2. The lowest BCUT2D eigenvalue weighted by Gasteiger charge is -2.02. The fourth-order valence-corrected chi connectivity index (χ4v) is 3.37. The third kappa shape index (κ3) is 2.64. The monoisotopic (exact) mass is 317 g/mol. The number of aromatic carboxylic acids is 1. The number of carboxylic acid groups (broad SMARTS) is 1. The molecular formula is C16H12ClNO2S. The van der Waals surface area contributed by atoms with E-state index in [0.29, 0.717) is 5.02 Å². The third-order valence-corrected chi connectivity index (χ3v) is 4.63. The Balaban J connectivity index is 2.15. The zero-order chi connectivity index (χ0) is 15.0. The number of carboxylic acids is 1. The topological polar surface area (TPSA) is 53.1 Å². The second-order valence-corrected chi connectivity index (χ2v) is 6.21. The van der Waals surface area contributed by atoms with Gasteiger partial charge in [0, 0.05) is 15.3 Å². The highest BCUT2D eigenvalue weighted by atomic mass is 35.5. The predicted octanol–water partition coefficient (Wildman–Crippen LogP) is 4.98. The summed E-state index contributed by atoms with van der Waals surface area (Å²) in [6, 6.07) is 13.2. The highest BCUT2D eigenvalue weighted by Gasteiger charge is 2.18. The molecular weight excluding hydrogens is 306 g/mol. The summed E-state index contributed by atoms with van der Waals surface area (Å²) in [5, 5.41) is 11.0. The molecule has 0 bridgehead atoms. The molecule has 5 heteroatoms. The first kappa shape index (κ1) is 14.0. The highest BCUT2D eigenvalue weighted by molar-refractivity contribution is 7.99. The molecule has 3 aromatic rings. The molecule has 3 rings (SSSR count). The van der Waals surface area contributed by atoms with Gasteiger partial charge in [0.05, 0.1) is 10.4 Å². The van der Waals surface area contributed by atoms with Gasteiger partial charge in [0.2, 0.25) is 0 Å². The van der Waals surface area contributed by atoms with E-state index in [1.807, 2.05) is 37.3 Å². The molecule has 3 nitrogen and oxygen atoms in total. The lowest BCUT2D eigenvalue weighted by atomic mass is 10.2. The van der Waals surface area contributed by atoms with Crippen molar-refractivity contribution in [2.75, 3.05) is 0 Å². The van der Waals surface area contributed by atoms with Crippen LogP contribution in [0.3, 0.4) is 0 Å². The van der Waals surface area contributed by atoms with Crippen LogP contribution in [0.2, 0.25) is 5.02 Å². The summed E-state index contributed by atoms with van der Waals surface area (Å²) in [4.78, 5) is 16.2. The molecule has 1 aromatic heterocycles. The van der Waals surface area contributed by atoms with Gasteiger partial charge < -0.3 is 10.1 Å². The molecule has 0 fully saturated rings. The van der Waals surface area contributed by atoms with E-state index in [1.54, 1.807) is 12.1 Å². The quantitative estimate of drug-likeness (QED) is 0.716. The average Bonchev–Trinajstić information content (AvgIpc) is 2.82. The number of fused-ring (bicyclic) bond motifs is 1. The molecule has 0 saturated carbocycles. The van der Waals surface area contributed by atoms with Crippen molar-refractivity contribution in [2.45, 2.75) is 16.7 Å². The van der Waals surface area contributed by atoms with Crippen molar-refractivity contribution in [2.24, 2.45) is 0 Å². The summed E-state index contributed by atoms with van der Waals surface area (Å²) in [6.07, 6.45) is 0. The third-order valence-electron chi connectivity index (χ3n) is 3.24. The van der Waals surface area contributed by atoms with Crippen LogP contribution in [0.4, 0.5) is 0 Å². The minimum absolute atomic E-state index is 0.222. The van der Waals surface area contributed by atoms with E-state index in [9.17, 15) is 9.90 Å². The summed E-state index contributed by atoms with van der Waals surface area (Å²) >= 11 is 7.31. The Morgan fingerprint density at radius 2 is 1.90 bits per heavy atom. The van der Waals surface area contributed by atoms with Crippen molar-refractivity contribution >= 4 is 40.2 Å². The summed E-state index contributed by atoms with van der Waals surface area (Å²) in [6.45, 7) is 1.96. The minimum atomic E-state index is -0.956. The number of hydrogen-bond acceptors (Lipinski definition) is 2. The molecule has 0 unspecified atom stereocenters. The first-order valence-electron chi connectivity index (χ1n) is 6.34. The number of rotatable bonds is 3. The number of nitrogens with one attached hydrogen (secondary N) is 1. The van der Waals surface area contributed by atoms with E-state index < -0.39 is 5.97 Å². The van der Waals surface area contributed by atoms with Crippen molar-refractivity contribution in [1.29, 1.82) is 0 Å². The van der Waals surface area contributed by atoms with Gasteiger partial charge in [-0.15, -0.1) is 0 Å². The van der Waals surface area contributed by atoms with E-state index in [4.69, 9.17) is 11.6 Å². The zero-order valence-corrected chi connectivity index (χ0v) is 12.8. The van der Waals surface area contributed by atoms with E-state index in [0.717, 1.165) is 26.3 Å². The van der Waals surface area contributed by atoms with Crippen LogP contribution in [-0.4, -0.2) is 16.1 Å². The Morgan fingerprint density at radius 3 is 2.57 bits per heavy atom. The SMILES string of the molecule is Cc1cccc2c(Sc3ccc(Cl)cc3)c(C(=O)O)[nH]c12. The molecule has 106 valence electrons. The molecule has 0 radical (unpaired) electrons. The summed E-state index contributed by atoms with van der Waals surface area (Å²) in [7, 11) is 0. The Morgan fingerprint density at radius 1 is 1.19 bits per heavy atom. The molecule has 0 saturated heterocycles. The van der Waals surface area contributed by atoms with Crippen LogP contribution in [0.25, 0.3) is 10.9 Å². The molecule has 21 heavy (non-hydrogen) atoms. The Hall–Kier alpha value is -1.91. The van der Waals surface area contributed by atoms with Gasteiger partial charge in [-0.2, -0.15) is 0 Å². The molecule has 0 atom stereocenters. The smallest absolute Gasteiger partial charge is 0.353 e. The molecule has 0 aliphatic rings. The molecule has 1 heterocycles. The molecule has 0 aliphatic carbocycles. The van der Waals surface area contributed by atoms with Crippen molar-refractivity contribution < 1.29 is 9.90 Å². The molecule has 0 spiro atoms. The van der Waals surface area contributed by atoms with Gasteiger partial charge in [-0.25, -0.2) is 4.79 Å². The van der Waals surface area contributed by atoms with Crippen LogP contribution >= 0.6 is 23.4 Å². The van der Waals surface area contributed by atoms with E-state index in [-0.39, 0.29) is 5.69 Å². The van der Waals surface area contributed by atoms with E-state index in [2.05, 4.69) is 4.98 Å². The lowest BCUT2D eigenvalue weighted by molar-refractivity contribution is 0.0688. The van der Waals surface area contributed by atoms with Gasteiger partial charge in [0.1, 0.15) is 5.69 Å². The number of aryl methyl sites for hydroxylation is 1. The number of aromatic amines is 1. The van der Waals surface area contributed by atoms with Crippen LogP contribution in [0.15, 0.2) is 52.3 Å². The minimum Gasteiger partial charge on any atom is -0.477 e. The maximum atomic E-state index is 11.5. The van der Waals surface area contributed by atoms with Crippen LogP contribution in [-0.2, 0) is 0 Å². The van der Waals surface area contributed by atoms with Crippen molar-refractivity contribution in [3.8, 4) is 0 Å². The van der Waals surface area contributed by atoms with Crippen LogP contribution in [0.5, 0.6) is 0 Å². The van der Waals surface area contributed by atoms with Gasteiger partial charge in [-0.3, -0.25) is 0 Å². The van der Waals surface area contributed by atoms with E-state index in [1.165, 1.54) is 11.8 Å². The average molecular weight is 318 g/mol. The number of benzene rings is 2. The Bertz CT molecular complexity index is 824.